The topological polar surface area (TPSA) is 84.5 Å². The summed E-state index contributed by atoms with van der Waals surface area (Å²) in [7, 11) is 0. The second-order valence-electron chi connectivity index (χ2n) is 4.29. The van der Waals surface area contributed by atoms with Crippen molar-refractivity contribution in [1.82, 2.24) is 5.32 Å². The minimum Gasteiger partial charge on any atom is -0.454 e. The lowest BCUT2D eigenvalue weighted by Crippen LogP contribution is -2.36. The van der Waals surface area contributed by atoms with Crippen LogP contribution in [0.5, 0.6) is 0 Å². The van der Waals surface area contributed by atoms with Crippen LogP contribution in [0, 0.1) is 5.82 Å². The van der Waals surface area contributed by atoms with Gasteiger partial charge in [0.1, 0.15) is 11.9 Å². The van der Waals surface area contributed by atoms with E-state index in [4.69, 9.17) is 4.74 Å². The molecule has 1 aliphatic heterocycles. The van der Waals surface area contributed by atoms with Gasteiger partial charge in [0.15, 0.2) is 6.61 Å². The summed E-state index contributed by atoms with van der Waals surface area (Å²) in [6, 6.07) is 4.96. The van der Waals surface area contributed by atoms with Gasteiger partial charge in [-0.3, -0.25) is 9.59 Å². The highest BCUT2D eigenvalue weighted by molar-refractivity contribution is 5.94. The molecule has 7 heteroatoms. The molecule has 2 amide bonds. The zero-order valence-electron chi connectivity index (χ0n) is 10.5. The molecule has 0 spiro atoms. The van der Waals surface area contributed by atoms with Gasteiger partial charge in [0.2, 0.25) is 5.91 Å². The first-order chi connectivity index (χ1) is 9.56. The summed E-state index contributed by atoms with van der Waals surface area (Å²) in [6.45, 7) is -0.528. The van der Waals surface area contributed by atoms with Crippen molar-refractivity contribution in [3.05, 3.63) is 30.1 Å². The Hall–Kier alpha value is -2.44. The maximum atomic E-state index is 13.3. The monoisotopic (exact) mass is 280 g/mol. The van der Waals surface area contributed by atoms with Crippen molar-refractivity contribution < 1.29 is 23.5 Å². The number of nitrogens with one attached hydrogen (secondary N) is 2. The molecule has 2 N–H and O–H groups in total. The summed E-state index contributed by atoms with van der Waals surface area (Å²) >= 11 is 0. The third-order valence-corrected chi connectivity index (χ3v) is 2.77. The van der Waals surface area contributed by atoms with Gasteiger partial charge >= 0.3 is 5.97 Å². The molecule has 0 aromatic heterocycles. The van der Waals surface area contributed by atoms with Crippen LogP contribution in [0.2, 0.25) is 0 Å². The minimum atomic E-state index is -0.705. The first-order valence-corrected chi connectivity index (χ1v) is 6.06. The van der Waals surface area contributed by atoms with Gasteiger partial charge in [0.05, 0.1) is 5.69 Å². The predicted molar refractivity (Wildman–Crippen MR) is 67.2 cm³/mol. The lowest BCUT2D eigenvalue weighted by atomic mass is 10.2. The summed E-state index contributed by atoms with van der Waals surface area (Å²) in [5.41, 5.74) is 0.0164. The van der Waals surface area contributed by atoms with E-state index < -0.39 is 30.3 Å². The molecule has 0 unspecified atom stereocenters. The van der Waals surface area contributed by atoms with Crippen LogP contribution in [0.4, 0.5) is 10.1 Å². The molecule has 1 aromatic carbocycles. The fourth-order valence-corrected chi connectivity index (χ4v) is 1.78. The summed E-state index contributed by atoms with van der Waals surface area (Å²) in [5, 5.41) is 4.72. The van der Waals surface area contributed by atoms with E-state index >= 15 is 0 Å². The van der Waals surface area contributed by atoms with Crippen molar-refractivity contribution in [3.63, 3.8) is 0 Å². The fraction of sp³-hybridized carbons (Fsp3) is 0.308. The van der Waals surface area contributed by atoms with E-state index in [1.165, 1.54) is 18.2 Å². The standard InChI is InChI=1S/C13H13FN2O4/c14-8-3-1-2-4-9(8)15-12(18)7-20-13(19)10-5-6-11(17)16-10/h1-4,10H,5-7H2,(H,15,18)(H,16,17)/t10-/m0/s1. The van der Waals surface area contributed by atoms with E-state index in [0.717, 1.165) is 0 Å². The van der Waals surface area contributed by atoms with E-state index in [-0.39, 0.29) is 18.0 Å². The first-order valence-electron chi connectivity index (χ1n) is 6.06. The number of amides is 2. The quantitative estimate of drug-likeness (QED) is 0.790. The third-order valence-electron chi connectivity index (χ3n) is 2.77. The summed E-state index contributed by atoms with van der Waals surface area (Å²) in [5.74, 6) is -2.11. The van der Waals surface area contributed by atoms with Crippen molar-refractivity contribution in [1.29, 1.82) is 0 Å². The van der Waals surface area contributed by atoms with Crippen LogP contribution in [0.25, 0.3) is 0 Å². The molecule has 20 heavy (non-hydrogen) atoms. The Labute approximate surface area is 114 Å². The maximum absolute atomic E-state index is 13.3. The predicted octanol–water partition coefficient (Wildman–Crippen LogP) is 0.586. The zero-order chi connectivity index (χ0) is 14.5. The molecule has 1 aromatic rings. The summed E-state index contributed by atoms with van der Waals surface area (Å²) in [4.78, 5) is 34.0. The number of anilines is 1. The molecule has 106 valence electrons. The van der Waals surface area contributed by atoms with Crippen LogP contribution < -0.4 is 10.6 Å². The van der Waals surface area contributed by atoms with Crippen molar-refractivity contribution >= 4 is 23.5 Å². The van der Waals surface area contributed by atoms with Gasteiger partial charge in [-0.05, 0) is 18.6 Å². The SMILES string of the molecule is O=C(COC(=O)[C@@H]1CCC(=O)N1)Nc1ccccc1F. The van der Waals surface area contributed by atoms with Gasteiger partial charge in [0, 0.05) is 6.42 Å². The van der Waals surface area contributed by atoms with E-state index in [1.807, 2.05) is 0 Å². The second-order valence-corrected chi connectivity index (χ2v) is 4.29. The lowest BCUT2D eigenvalue weighted by molar-refractivity contribution is -0.149. The highest BCUT2D eigenvalue weighted by atomic mass is 19.1. The molecular formula is C13H13FN2O4. The van der Waals surface area contributed by atoms with E-state index in [1.54, 1.807) is 6.07 Å². The molecular weight excluding hydrogens is 267 g/mol. The largest absolute Gasteiger partial charge is 0.454 e. The van der Waals surface area contributed by atoms with Crippen LogP contribution >= 0.6 is 0 Å². The Bertz CT molecular complexity index is 547. The van der Waals surface area contributed by atoms with E-state index in [0.29, 0.717) is 6.42 Å². The average Bonchev–Trinajstić information content (AvgIpc) is 2.85. The molecule has 0 radical (unpaired) electrons. The van der Waals surface area contributed by atoms with Gasteiger partial charge in [-0.2, -0.15) is 0 Å². The number of hydrogen-bond donors (Lipinski definition) is 2. The highest BCUT2D eigenvalue weighted by Crippen LogP contribution is 2.12. The van der Waals surface area contributed by atoms with Crippen molar-refractivity contribution in [2.24, 2.45) is 0 Å². The van der Waals surface area contributed by atoms with Crippen LogP contribution in [0.1, 0.15) is 12.8 Å². The van der Waals surface area contributed by atoms with Crippen LogP contribution in [-0.4, -0.2) is 30.4 Å². The maximum Gasteiger partial charge on any atom is 0.329 e. The van der Waals surface area contributed by atoms with Gasteiger partial charge in [-0.25, -0.2) is 9.18 Å². The van der Waals surface area contributed by atoms with Crippen LogP contribution in [0.15, 0.2) is 24.3 Å². The van der Waals surface area contributed by atoms with Crippen molar-refractivity contribution in [3.8, 4) is 0 Å². The van der Waals surface area contributed by atoms with Crippen LogP contribution in [-0.2, 0) is 19.1 Å². The Balaban J connectivity index is 1.79. The number of halogens is 1. The van der Waals surface area contributed by atoms with E-state index in [2.05, 4.69) is 10.6 Å². The number of para-hydroxylation sites is 1. The molecule has 1 aliphatic rings. The molecule has 1 saturated heterocycles. The van der Waals surface area contributed by atoms with Crippen molar-refractivity contribution in [2.45, 2.75) is 18.9 Å². The van der Waals surface area contributed by atoms with Gasteiger partial charge in [-0.1, -0.05) is 12.1 Å². The normalized spacial score (nSPS) is 17.4. The number of ether oxygens (including phenoxy) is 1. The third kappa shape index (κ3) is 3.53. The Morgan fingerprint density at radius 3 is 2.80 bits per heavy atom. The molecule has 6 nitrogen and oxygen atoms in total. The molecule has 1 fully saturated rings. The minimum absolute atomic E-state index is 0.0164. The second kappa shape index (κ2) is 6.14. The molecule has 2 rings (SSSR count). The number of carbonyl (C=O) groups is 3. The summed E-state index contributed by atoms with van der Waals surface area (Å²) < 4.78 is 18.0. The molecule has 1 heterocycles. The Kier molecular flexibility index (Phi) is 4.29. The number of esters is 1. The lowest BCUT2D eigenvalue weighted by Gasteiger charge is -2.10. The van der Waals surface area contributed by atoms with Gasteiger partial charge in [0.25, 0.3) is 5.91 Å². The Morgan fingerprint density at radius 2 is 2.15 bits per heavy atom. The Morgan fingerprint density at radius 1 is 1.40 bits per heavy atom. The first kappa shape index (κ1) is 14.0. The number of benzene rings is 1. The van der Waals surface area contributed by atoms with E-state index in [9.17, 15) is 18.8 Å². The van der Waals surface area contributed by atoms with Gasteiger partial charge in [-0.15, -0.1) is 0 Å². The summed E-state index contributed by atoms with van der Waals surface area (Å²) in [6.07, 6.45) is 0.619. The number of hydrogen-bond acceptors (Lipinski definition) is 4. The molecule has 0 bridgehead atoms. The van der Waals surface area contributed by atoms with Gasteiger partial charge < -0.3 is 15.4 Å². The molecule has 0 aliphatic carbocycles. The van der Waals surface area contributed by atoms with Crippen molar-refractivity contribution in [2.75, 3.05) is 11.9 Å². The fourth-order valence-electron chi connectivity index (χ4n) is 1.78. The highest BCUT2D eigenvalue weighted by Gasteiger charge is 2.28. The molecule has 0 saturated carbocycles. The smallest absolute Gasteiger partial charge is 0.329 e. The molecule has 1 atom stereocenters. The number of carbonyl (C=O) groups excluding carboxylic acids is 3. The van der Waals surface area contributed by atoms with Crippen LogP contribution in [0.3, 0.4) is 0 Å². The zero-order valence-corrected chi connectivity index (χ0v) is 10.5. The average molecular weight is 280 g/mol. The number of rotatable bonds is 4.